The Labute approximate surface area is 186 Å². The van der Waals surface area contributed by atoms with Gasteiger partial charge in [0.15, 0.2) is 0 Å². The Morgan fingerprint density at radius 3 is 2.19 bits per heavy atom. The van der Waals surface area contributed by atoms with Crippen LogP contribution in [0.15, 0.2) is 82.6 Å². The zero-order chi connectivity index (χ0) is 22.0. The Morgan fingerprint density at radius 1 is 0.839 bits per heavy atom. The summed E-state index contributed by atoms with van der Waals surface area (Å²) in [5, 5.41) is 0. The van der Waals surface area contributed by atoms with E-state index in [1.54, 1.807) is 0 Å². The van der Waals surface area contributed by atoms with E-state index in [0.29, 0.717) is 28.3 Å². The van der Waals surface area contributed by atoms with Crippen LogP contribution in [0, 0.1) is 13.8 Å². The number of carbonyl (C=O) groups excluding carboxylic acids is 2. The minimum absolute atomic E-state index is 0.300. The summed E-state index contributed by atoms with van der Waals surface area (Å²) in [6.45, 7) is 6.47. The summed E-state index contributed by atoms with van der Waals surface area (Å²) in [7, 11) is 0. The van der Waals surface area contributed by atoms with Crippen LogP contribution >= 0.6 is 11.8 Å². The molecule has 0 bridgehead atoms. The molecule has 0 aliphatic carbocycles. The maximum absolute atomic E-state index is 13.5. The number of rotatable bonds is 6. The van der Waals surface area contributed by atoms with E-state index in [1.165, 1.54) is 16.7 Å². The maximum atomic E-state index is 13.5. The van der Waals surface area contributed by atoms with Crippen molar-refractivity contribution in [3.63, 3.8) is 0 Å². The Hall–Kier alpha value is -3.31. The van der Waals surface area contributed by atoms with E-state index in [-0.39, 0.29) is 11.8 Å². The zero-order valence-corrected chi connectivity index (χ0v) is 18.5. The molecule has 0 N–H and O–H groups in total. The molecule has 5 heteroatoms. The molecule has 4 rings (SSSR count). The molecule has 0 saturated heterocycles. The Kier molecular flexibility index (Phi) is 5.96. The predicted octanol–water partition coefficient (Wildman–Crippen LogP) is 5.78. The second-order valence-corrected chi connectivity index (χ2v) is 8.37. The first-order chi connectivity index (χ1) is 15.0. The first-order valence-corrected chi connectivity index (χ1v) is 11.0. The summed E-state index contributed by atoms with van der Waals surface area (Å²) in [5.74, 6) is 0.119. The van der Waals surface area contributed by atoms with E-state index in [4.69, 9.17) is 4.74 Å². The van der Waals surface area contributed by atoms with Crippen LogP contribution in [0.2, 0.25) is 0 Å². The fraction of sp³-hybridized carbons (Fsp3) is 0.154. The molecule has 0 atom stereocenters. The lowest BCUT2D eigenvalue weighted by Crippen LogP contribution is -2.31. The van der Waals surface area contributed by atoms with Gasteiger partial charge in [-0.1, -0.05) is 48.2 Å². The third-order valence-corrected chi connectivity index (χ3v) is 6.30. The van der Waals surface area contributed by atoms with Gasteiger partial charge in [-0.2, -0.15) is 0 Å². The number of hydrogen-bond donors (Lipinski definition) is 0. The van der Waals surface area contributed by atoms with Crippen molar-refractivity contribution in [1.82, 2.24) is 0 Å². The lowest BCUT2D eigenvalue weighted by Gasteiger charge is -2.16. The SMILES string of the molecule is CCOc1ccc(C2=C(Sc3ccccc3)C(=O)N(c3ccc(C)c(C)c3)C2=O)cc1. The van der Waals surface area contributed by atoms with Crippen LogP contribution in [0.25, 0.3) is 5.57 Å². The highest BCUT2D eigenvalue weighted by atomic mass is 32.2. The van der Waals surface area contributed by atoms with Crippen molar-refractivity contribution in [3.8, 4) is 5.75 Å². The molecule has 0 aromatic heterocycles. The van der Waals surface area contributed by atoms with Gasteiger partial charge >= 0.3 is 0 Å². The number of hydrogen-bond acceptors (Lipinski definition) is 4. The number of benzene rings is 3. The quantitative estimate of drug-likeness (QED) is 0.466. The summed E-state index contributed by atoms with van der Waals surface area (Å²) in [6, 6.07) is 22.6. The second-order valence-electron chi connectivity index (χ2n) is 7.29. The molecule has 1 aliphatic heterocycles. The number of thioether (sulfide) groups is 1. The number of imide groups is 1. The standard InChI is InChI=1S/C26H23NO3S/c1-4-30-21-14-11-19(12-15-21)23-24(31-22-8-6-5-7-9-22)26(29)27(25(23)28)20-13-10-17(2)18(3)16-20/h5-16H,4H2,1-3H3. The van der Waals surface area contributed by atoms with Crippen molar-refractivity contribution in [2.75, 3.05) is 11.5 Å². The topological polar surface area (TPSA) is 46.6 Å². The molecule has 1 aliphatic rings. The van der Waals surface area contributed by atoms with Gasteiger partial charge in [-0.15, -0.1) is 0 Å². The lowest BCUT2D eigenvalue weighted by atomic mass is 10.1. The van der Waals surface area contributed by atoms with Gasteiger partial charge in [0.1, 0.15) is 5.75 Å². The number of amides is 2. The van der Waals surface area contributed by atoms with Crippen LogP contribution in [0.4, 0.5) is 5.69 Å². The van der Waals surface area contributed by atoms with Gasteiger partial charge in [0.25, 0.3) is 11.8 Å². The highest BCUT2D eigenvalue weighted by molar-refractivity contribution is 8.04. The van der Waals surface area contributed by atoms with Crippen LogP contribution in [-0.2, 0) is 9.59 Å². The number of ether oxygens (including phenoxy) is 1. The summed E-state index contributed by atoms with van der Waals surface area (Å²) < 4.78 is 5.53. The Bertz CT molecular complexity index is 1170. The molecule has 0 saturated carbocycles. The molecule has 156 valence electrons. The molecule has 1 heterocycles. The molecule has 3 aromatic carbocycles. The third kappa shape index (κ3) is 4.14. The van der Waals surface area contributed by atoms with Gasteiger partial charge in [0.2, 0.25) is 0 Å². The summed E-state index contributed by atoms with van der Waals surface area (Å²) >= 11 is 1.32. The Balaban J connectivity index is 1.79. The first-order valence-electron chi connectivity index (χ1n) is 10.2. The highest BCUT2D eigenvalue weighted by Gasteiger charge is 2.40. The Morgan fingerprint density at radius 2 is 1.55 bits per heavy atom. The van der Waals surface area contributed by atoms with Crippen molar-refractivity contribution in [2.45, 2.75) is 25.7 Å². The molecule has 31 heavy (non-hydrogen) atoms. The molecular weight excluding hydrogens is 406 g/mol. The van der Waals surface area contributed by atoms with Gasteiger partial charge in [-0.05, 0) is 73.9 Å². The minimum Gasteiger partial charge on any atom is -0.494 e. The summed E-state index contributed by atoms with van der Waals surface area (Å²) in [6.07, 6.45) is 0. The van der Waals surface area contributed by atoms with E-state index in [1.807, 2.05) is 93.6 Å². The smallest absolute Gasteiger partial charge is 0.272 e. The lowest BCUT2D eigenvalue weighted by molar-refractivity contribution is -0.119. The van der Waals surface area contributed by atoms with Crippen LogP contribution in [-0.4, -0.2) is 18.4 Å². The molecule has 2 amide bonds. The monoisotopic (exact) mass is 429 g/mol. The van der Waals surface area contributed by atoms with E-state index in [2.05, 4.69) is 0 Å². The van der Waals surface area contributed by atoms with Crippen LogP contribution in [0.1, 0.15) is 23.6 Å². The third-order valence-electron chi connectivity index (χ3n) is 5.21. The van der Waals surface area contributed by atoms with Crippen LogP contribution in [0.3, 0.4) is 0 Å². The van der Waals surface area contributed by atoms with Crippen molar-refractivity contribution in [1.29, 1.82) is 0 Å². The van der Waals surface area contributed by atoms with Crippen molar-refractivity contribution < 1.29 is 14.3 Å². The van der Waals surface area contributed by atoms with Crippen LogP contribution in [0.5, 0.6) is 5.75 Å². The molecule has 3 aromatic rings. The maximum Gasteiger partial charge on any atom is 0.272 e. The summed E-state index contributed by atoms with van der Waals surface area (Å²) in [4.78, 5) is 29.6. The van der Waals surface area contributed by atoms with Gasteiger partial charge in [-0.3, -0.25) is 9.59 Å². The van der Waals surface area contributed by atoms with Crippen LogP contribution < -0.4 is 9.64 Å². The van der Waals surface area contributed by atoms with Gasteiger partial charge in [0.05, 0.1) is 22.8 Å². The second kappa shape index (κ2) is 8.82. The van der Waals surface area contributed by atoms with Crippen molar-refractivity contribution in [3.05, 3.63) is 94.4 Å². The average Bonchev–Trinajstić information content (AvgIpc) is 3.01. The molecule has 0 radical (unpaired) electrons. The number of carbonyl (C=O) groups is 2. The minimum atomic E-state index is -0.309. The molecule has 4 nitrogen and oxygen atoms in total. The zero-order valence-electron chi connectivity index (χ0n) is 17.7. The normalized spacial score (nSPS) is 13.8. The molecule has 0 unspecified atom stereocenters. The molecule has 0 fully saturated rings. The predicted molar refractivity (Wildman–Crippen MR) is 125 cm³/mol. The van der Waals surface area contributed by atoms with Crippen molar-refractivity contribution in [2.24, 2.45) is 0 Å². The van der Waals surface area contributed by atoms with E-state index < -0.39 is 0 Å². The highest BCUT2D eigenvalue weighted by Crippen LogP contribution is 2.41. The van der Waals surface area contributed by atoms with E-state index >= 15 is 0 Å². The van der Waals surface area contributed by atoms with E-state index in [0.717, 1.165) is 21.8 Å². The fourth-order valence-corrected chi connectivity index (χ4v) is 4.46. The van der Waals surface area contributed by atoms with Gasteiger partial charge in [0, 0.05) is 4.90 Å². The van der Waals surface area contributed by atoms with Gasteiger partial charge < -0.3 is 4.74 Å². The molecular formula is C26H23NO3S. The summed E-state index contributed by atoms with van der Waals surface area (Å²) in [5.41, 5.74) is 3.85. The van der Waals surface area contributed by atoms with Gasteiger partial charge in [-0.25, -0.2) is 4.90 Å². The number of nitrogens with zero attached hydrogens (tertiary/aromatic N) is 1. The molecule has 0 spiro atoms. The largest absolute Gasteiger partial charge is 0.494 e. The number of anilines is 1. The number of aryl methyl sites for hydroxylation is 2. The average molecular weight is 430 g/mol. The first kappa shape index (κ1) is 20.9. The van der Waals surface area contributed by atoms with E-state index in [9.17, 15) is 9.59 Å². The van der Waals surface area contributed by atoms with Crippen molar-refractivity contribution >= 4 is 34.8 Å². The fourth-order valence-electron chi connectivity index (χ4n) is 3.45.